The van der Waals surface area contributed by atoms with Crippen molar-refractivity contribution in [1.82, 2.24) is 4.90 Å². The lowest BCUT2D eigenvalue weighted by atomic mass is 9.60. The second-order valence-electron chi connectivity index (χ2n) is 7.48. The predicted octanol–water partition coefficient (Wildman–Crippen LogP) is 2.69. The first-order chi connectivity index (χ1) is 9.72. The van der Waals surface area contributed by atoms with E-state index in [0.29, 0.717) is 17.8 Å². The van der Waals surface area contributed by atoms with Crippen LogP contribution in [0.25, 0.3) is 0 Å². The summed E-state index contributed by atoms with van der Waals surface area (Å²) in [6.45, 7) is 6.95. The minimum absolute atomic E-state index is 0.0772. The van der Waals surface area contributed by atoms with Crippen LogP contribution in [0.3, 0.4) is 0 Å². The summed E-state index contributed by atoms with van der Waals surface area (Å²) in [7, 11) is 0. The Morgan fingerprint density at radius 3 is 2.85 bits per heavy atom. The molecule has 2 unspecified atom stereocenters. The minimum Gasteiger partial charge on any atom is -0.462 e. The van der Waals surface area contributed by atoms with Crippen LogP contribution in [0.1, 0.15) is 46.0 Å². The number of ether oxygens (including phenoxy) is 1. The summed E-state index contributed by atoms with van der Waals surface area (Å²) in [5.74, 6) is 2.80. The van der Waals surface area contributed by atoms with E-state index in [0.717, 1.165) is 12.0 Å². The molecule has 20 heavy (non-hydrogen) atoms. The van der Waals surface area contributed by atoms with Crippen LogP contribution in [0.4, 0.5) is 0 Å². The summed E-state index contributed by atoms with van der Waals surface area (Å²) < 4.78 is 5.86. The van der Waals surface area contributed by atoms with Gasteiger partial charge in [0, 0.05) is 17.9 Å². The Morgan fingerprint density at radius 2 is 2.05 bits per heavy atom. The lowest BCUT2D eigenvalue weighted by molar-refractivity contribution is -0.148. The maximum absolute atomic E-state index is 12.1. The highest BCUT2D eigenvalue weighted by Crippen LogP contribution is 2.55. The molecule has 0 aromatic rings. The Balaban J connectivity index is 1.74. The van der Waals surface area contributed by atoms with Crippen molar-refractivity contribution in [1.29, 1.82) is 0 Å². The zero-order valence-electron chi connectivity index (χ0n) is 12.8. The van der Waals surface area contributed by atoms with Crippen LogP contribution in [0.15, 0.2) is 0 Å². The van der Waals surface area contributed by atoms with Crippen molar-refractivity contribution in [3.8, 4) is 0 Å². The van der Waals surface area contributed by atoms with Gasteiger partial charge in [0.05, 0.1) is 5.92 Å². The van der Waals surface area contributed by atoms with Gasteiger partial charge in [0.2, 0.25) is 0 Å². The first-order valence-corrected chi connectivity index (χ1v) is 8.67. The molecule has 3 heterocycles. The molecule has 7 atom stereocenters. The van der Waals surface area contributed by atoms with Gasteiger partial charge >= 0.3 is 5.97 Å². The van der Waals surface area contributed by atoms with E-state index in [1.54, 1.807) is 0 Å². The van der Waals surface area contributed by atoms with E-state index in [1.165, 1.54) is 45.2 Å². The number of esters is 1. The first-order valence-electron chi connectivity index (χ1n) is 8.67. The molecular weight excluding hydrogens is 250 g/mol. The fourth-order valence-corrected chi connectivity index (χ4v) is 6.04. The average Bonchev–Trinajstić information content (AvgIpc) is 2.89. The maximum Gasteiger partial charge on any atom is 0.309 e. The lowest BCUT2D eigenvalue weighted by Crippen LogP contribution is -2.53. The third kappa shape index (κ3) is 1.65. The number of fused-ring (bicyclic) bond motifs is 2. The summed E-state index contributed by atoms with van der Waals surface area (Å²) in [6, 6.07) is 0.751. The monoisotopic (exact) mass is 277 g/mol. The molecule has 3 heteroatoms. The summed E-state index contributed by atoms with van der Waals surface area (Å²) in [6.07, 6.45) is 6.77. The smallest absolute Gasteiger partial charge is 0.309 e. The van der Waals surface area contributed by atoms with Gasteiger partial charge < -0.3 is 4.74 Å². The molecule has 3 aliphatic heterocycles. The van der Waals surface area contributed by atoms with Gasteiger partial charge in [0.15, 0.2) is 0 Å². The van der Waals surface area contributed by atoms with Gasteiger partial charge in [0.1, 0.15) is 6.10 Å². The highest BCUT2D eigenvalue weighted by Gasteiger charge is 2.60. The third-order valence-corrected chi connectivity index (χ3v) is 6.80. The van der Waals surface area contributed by atoms with E-state index in [1.807, 2.05) is 0 Å². The van der Waals surface area contributed by atoms with E-state index in [9.17, 15) is 4.79 Å². The van der Waals surface area contributed by atoms with Crippen molar-refractivity contribution < 1.29 is 9.53 Å². The standard InChI is InChI=1S/C17H27NO2/c1-3-11-12-6-4-5-8-18-9-7-13(15(12)18)14-10(2)17(19)20-16(11)14/h10-16H,3-9H2,1-2H3/t10?,11?,12-,13+,14-,15+,16+/m1/s1. The molecule has 1 saturated carbocycles. The number of hydrogen-bond acceptors (Lipinski definition) is 3. The van der Waals surface area contributed by atoms with Gasteiger partial charge in [-0.15, -0.1) is 0 Å². The number of carbonyl (C=O) groups is 1. The van der Waals surface area contributed by atoms with E-state index in [4.69, 9.17) is 4.74 Å². The molecule has 3 saturated heterocycles. The van der Waals surface area contributed by atoms with E-state index in [-0.39, 0.29) is 18.0 Å². The third-order valence-electron chi connectivity index (χ3n) is 6.80. The normalized spacial score (nSPS) is 51.3. The van der Waals surface area contributed by atoms with Crippen LogP contribution >= 0.6 is 0 Å². The van der Waals surface area contributed by atoms with Gasteiger partial charge in [-0.05, 0) is 50.6 Å². The summed E-state index contributed by atoms with van der Waals surface area (Å²) in [4.78, 5) is 14.9. The fourth-order valence-electron chi connectivity index (χ4n) is 6.04. The molecule has 0 amide bonds. The number of rotatable bonds is 1. The van der Waals surface area contributed by atoms with Gasteiger partial charge in [-0.25, -0.2) is 0 Å². The molecule has 0 N–H and O–H groups in total. The Bertz CT molecular complexity index is 410. The highest BCUT2D eigenvalue weighted by atomic mass is 16.6. The molecule has 1 aliphatic carbocycles. The van der Waals surface area contributed by atoms with Crippen molar-refractivity contribution in [3.63, 3.8) is 0 Å². The Morgan fingerprint density at radius 1 is 1.20 bits per heavy atom. The molecule has 4 rings (SSSR count). The molecule has 0 aromatic heterocycles. The second-order valence-corrected chi connectivity index (χ2v) is 7.48. The van der Waals surface area contributed by atoms with Gasteiger partial charge in [-0.2, -0.15) is 0 Å². The fraction of sp³-hybridized carbons (Fsp3) is 0.941. The quantitative estimate of drug-likeness (QED) is 0.690. The number of hydrogen-bond donors (Lipinski definition) is 0. The Labute approximate surface area is 122 Å². The largest absolute Gasteiger partial charge is 0.462 e. The second kappa shape index (κ2) is 4.72. The van der Waals surface area contributed by atoms with Crippen molar-refractivity contribution in [2.75, 3.05) is 13.1 Å². The minimum atomic E-state index is 0.0772. The van der Waals surface area contributed by atoms with Crippen molar-refractivity contribution in [2.24, 2.45) is 29.6 Å². The highest BCUT2D eigenvalue weighted by molar-refractivity contribution is 5.75. The van der Waals surface area contributed by atoms with Crippen LogP contribution in [0, 0.1) is 29.6 Å². The zero-order chi connectivity index (χ0) is 13.9. The van der Waals surface area contributed by atoms with Crippen LogP contribution in [-0.4, -0.2) is 36.1 Å². The molecule has 3 nitrogen and oxygen atoms in total. The first kappa shape index (κ1) is 13.1. The van der Waals surface area contributed by atoms with Gasteiger partial charge in [0.25, 0.3) is 0 Å². The topological polar surface area (TPSA) is 29.5 Å². The molecule has 0 spiro atoms. The van der Waals surface area contributed by atoms with Crippen molar-refractivity contribution in [3.05, 3.63) is 0 Å². The van der Waals surface area contributed by atoms with Crippen LogP contribution in [0.2, 0.25) is 0 Å². The molecule has 4 aliphatic rings. The molecule has 0 aromatic carbocycles. The van der Waals surface area contributed by atoms with Gasteiger partial charge in [-0.1, -0.05) is 20.3 Å². The lowest BCUT2D eigenvalue weighted by Gasteiger charge is -2.48. The molecule has 0 bridgehead atoms. The number of nitrogens with zero attached hydrogens (tertiary/aromatic N) is 1. The molecule has 4 fully saturated rings. The molecule has 112 valence electrons. The maximum atomic E-state index is 12.1. The molecule has 0 radical (unpaired) electrons. The van der Waals surface area contributed by atoms with Crippen molar-refractivity contribution >= 4 is 5.97 Å². The zero-order valence-corrected chi connectivity index (χ0v) is 12.8. The number of carbonyl (C=O) groups excluding carboxylic acids is 1. The van der Waals surface area contributed by atoms with E-state index >= 15 is 0 Å². The van der Waals surface area contributed by atoms with E-state index in [2.05, 4.69) is 18.7 Å². The summed E-state index contributed by atoms with van der Waals surface area (Å²) in [5, 5.41) is 0. The van der Waals surface area contributed by atoms with Crippen LogP contribution in [-0.2, 0) is 9.53 Å². The van der Waals surface area contributed by atoms with Crippen molar-refractivity contribution in [2.45, 2.75) is 58.1 Å². The average molecular weight is 277 g/mol. The Kier molecular flexibility index (Phi) is 3.10. The Hall–Kier alpha value is -0.570. The van der Waals surface area contributed by atoms with E-state index < -0.39 is 0 Å². The summed E-state index contributed by atoms with van der Waals surface area (Å²) in [5.41, 5.74) is 0. The SMILES string of the molecule is CCC1[C@H]2CCCCN3CC[C@@H]([C@H]4C(C)C(=O)O[C@@H]14)[C@H]23. The summed E-state index contributed by atoms with van der Waals surface area (Å²) >= 11 is 0. The van der Waals surface area contributed by atoms with Gasteiger partial charge in [-0.3, -0.25) is 9.69 Å². The van der Waals surface area contributed by atoms with Crippen LogP contribution < -0.4 is 0 Å². The predicted molar refractivity (Wildman–Crippen MR) is 77.1 cm³/mol. The molecular formula is C17H27NO2. The van der Waals surface area contributed by atoms with Crippen LogP contribution in [0.5, 0.6) is 0 Å².